The predicted octanol–water partition coefficient (Wildman–Crippen LogP) is -0.185. The molecule has 0 radical (unpaired) electrons. The third-order valence-corrected chi connectivity index (χ3v) is 3.97. The Bertz CT molecular complexity index is 570. The van der Waals surface area contributed by atoms with Gasteiger partial charge in [0.15, 0.2) is 0 Å². The average molecular weight is 292 g/mol. The zero-order valence-corrected chi connectivity index (χ0v) is 13.2. The first-order valence-electron chi connectivity index (χ1n) is 7.21. The molecule has 0 spiro atoms. The monoisotopic (exact) mass is 291 g/mol. The van der Waals surface area contributed by atoms with Crippen molar-refractivity contribution < 1.29 is 17.0 Å². The topological polar surface area (TPSA) is 21.7 Å². The fourth-order valence-corrected chi connectivity index (χ4v) is 3.17. The normalized spacial score (nSPS) is 14.3. The molecule has 2 aromatic rings. The van der Waals surface area contributed by atoms with Crippen LogP contribution in [0.1, 0.15) is 41.8 Å². The van der Waals surface area contributed by atoms with Gasteiger partial charge in [0.05, 0.1) is 6.54 Å². The molecule has 0 atom stereocenters. The lowest BCUT2D eigenvalue weighted by Gasteiger charge is -2.05. The molecule has 0 amide bonds. The van der Waals surface area contributed by atoms with Crippen LogP contribution in [0.5, 0.6) is 0 Å². The molecule has 0 aliphatic carbocycles. The Hall–Kier alpha value is -1.35. The van der Waals surface area contributed by atoms with Gasteiger partial charge in [-0.05, 0) is 51.2 Å². The molecule has 0 fully saturated rings. The van der Waals surface area contributed by atoms with E-state index in [0.717, 1.165) is 13.0 Å². The number of nitrogens with zero attached hydrogens (tertiary/aromatic N) is 3. The molecule has 108 valence electrons. The third kappa shape index (κ3) is 2.73. The summed E-state index contributed by atoms with van der Waals surface area (Å²) in [6, 6.07) is 4.47. The highest BCUT2D eigenvalue weighted by Gasteiger charge is 2.22. The van der Waals surface area contributed by atoms with E-state index in [4.69, 9.17) is 5.10 Å². The van der Waals surface area contributed by atoms with Crippen molar-refractivity contribution in [3.05, 3.63) is 41.0 Å². The van der Waals surface area contributed by atoms with E-state index in [1.165, 1.54) is 47.5 Å². The van der Waals surface area contributed by atoms with Crippen molar-refractivity contribution in [1.29, 1.82) is 0 Å². The number of fused-ring (bicyclic) bond motifs is 1. The van der Waals surface area contributed by atoms with E-state index in [1.807, 2.05) is 0 Å². The van der Waals surface area contributed by atoms with Crippen molar-refractivity contribution in [3.8, 4) is 5.69 Å². The lowest BCUT2D eigenvalue weighted by molar-refractivity contribution is -0.703. The number of aromatic nitrogens is 3. The molecule has 20 heavy (non-hydrogen) atoms. The Kier molecular flexibility index (Phi) is 4.48. The zero-order valence-electron chi connectivity index (χ0n) is 12.5. The summed E-state index contributed by atoms with van der Waals surface area (Å²) in [5, 5.41) is 4.81. The highest BCUT2D eigenvalue weighted by atomic mass is 35.5. The van der Waals surface area contributed by atoms with Gasteiger partial charge in [-0.15, -0.1) is 0 Å². The summed E-state index contributed by atoms with van der Waals surface area (Å²) >= 11 is 0. The van der Waals surface area contributed by atoms with Gasteiger partial charge in [-0.3, -0.25) is 0 Å². The SMILES string of the molecule is Cc1cc(C)c(-n2c[n+]3c(n2)CCCCC3)c(C)c1.[Cl-]. The molecule has 1 aliphatic rings. The number of halogens is 1. The van der Waals surface area contributed by atoms with Crippen LogP contribution in [0.3, 0.4) is 0 Å². The van der Waals surface area contributed by atoms with Crippen molar-refractivity contribution in [2.45, 2.75) is 53.0 Å². The van der Waals surface area contributed by atoms with Crippen molar-refractivity contribution in [1.82, 2.24) is 9.78 Å². The Labute approximate surface area is 127 Å². The van der Waals surface area contributed by atoms with Gasteiger partial charge in [-0.1, -0.05) is 22.4 Å². The molecule has 2 heterocycles. The van der Waals surface area contributed by atoms with Gasteiger partial charge in [0, 0.05) is 11.5 Å². The third-order valence-electron chi connectivity index (χ3n) is 3.97. The molecule has 3 rings (SSSR count). The standard InChI is InChI=1S/C16H22N3.ClH/c1-12-9-13(2)16(14(3)10-12)19-11-18-8-6-4-5-7-15(18)17-19;/h9-11H,4-8H2,1-3H3;1H/q+1;/p-1. The molecule has 1 aliphatic heterocycles. The number of benzene rings is 1. The minimum Gasteiger partial charge on any atom is -1.00 e. The van der Waals surface area contributed by atoms with E-state index in [9.17, 15) is 0 Å². The Morgan fingerprint density at radius 2 is 1.75 bits per heavy atom. The molecule has 1 aromatic heterocycles. The summed E-state index contributed by atoms with van der Waals surface area (Å²) in [5.41, 5.74) is 5.16. The van der Waals surface area contributed by atoms with Gasteiger partial charge in [0.25, 0.3) is 5.82 Å². The van der Waals surface area contributed by atoms with Crippen molar-refractivity contribution in [2.75, 3.05) is 0 Å². The average Bonchev–Trinajstić information content (AvgIpc) is 2.58. The number of hydrogen-bond donors (Lipinski definition) is 0. The first-order chi connectivity index (χ1) is 9.15. The molecule has 3 nitrogen and oxygen atoms in total. The fraction of sp³-hybridized carbons (Fsp3) is 0.500. The van der Waals surface area contributed by atoms with Crippen molar-refractivity contribution in [3.63, 3.8) is 0 Å². The lowest BCUT2D eigenvalue weighted by Crippen LogP contribution is -3.00. The quantitative estimate of drug-likeness (QED) is 0.668. The van der Waals surface area contributed by atoms with Crippen LogP contribution in [0, 0.1) is 20.8 Å². The smallest absolute Gasteiger partial charge is 0.277 e. The van der Waals surface area contributed by atoms with Crippen LogP contribution in [0.4, 0.5) is 0 Å². The fourth-order valence-electron chi connectivity index (χ4n) is 3.17. The summed E-state index contributed by atoms with van der Waals surface area (Å²) in [6.07, 6.45) is 7.15. The minimum absolute atomic E-state index is 0. The molecule has 0 saturated heterocycles. The van der Waals surface area contributed by atoms with E-state index in [-0.39, 0.29) is 12.4 Å². The van der Waals surface area contributed by atoms with Gasteiger partial charge >= 0.3 is 0 Å². The van der Waals surface area contributed by atoms with Gasteiger partial charge in [0.2, 0.25) is 6.33 Å². The Balaban J connectivity index is 0.00000147. The lowest BCUT2D eigenvalue weighted by atomic mass is 10.1. The maximum atomic E-state index is 4.81. The van der Waals surface area contributed by atoms with E-state index in [2.05, 4.69) is 48.5 Å². The van der Waals surface area contributed by atoms with Crippen molar-refractivity contribution >= 4 is 0 Å². The first-order valence-corrected chi connectivity index (χ1v) is 7.21. The summed E-state index contributed by atoms with van der Waals surface area (Å²) < 4.78 is 4.40. The van der Waals surface area contributed by atoms with Gasteiger partial charge in [0.1, 0.15) is 5.69 Å². The van der Waals surface area contributed by atoms with Crippen LogP contribution >= 0.6 is 0 Å². The van der Waals surface area contributed by atoms with Gasteiger partial charge in [-0.2, -0.15) is 0 Å². The maximum absolute atomic E-state index is 4.81. The Morgan fingerprint density at radius 3 is 2.45 bits per heavy atom. The largest absolute Gasteiger partial charge is 1.00 e. The summed E-state index contributed by atoms with van der Waals surface area (Å²) in [5.74, 6) is 1.23. The number of rotatable bonds is 1. The highest BCUT2D eigenvalue weighted by molar-refractivity contribution is 5.48. The van der Waals surface area contributed by atoms with Crippen molar-refractivity contribution in [2.24, 2.45) is 0 Å². The van der Waals surface area contributed by atoms with Crippen LogP contribution in [0.25, 0.3) is 5.69 Å². The molecular weight excluding hydrogens is 270 g/mol. The second-order valence-corrected chi connectivity index (χ2v) is 5.73. The van der Waals surface area contributed by atoms with Gasteiger partial charge < -0.3 is 12.4 Å². The number of hydrogen-bond acceptors (Lipinski definition) is 1. The summed E-state index contributed by atoms with van der Waals surface area (Å²) in [6.45, 7) is 7.61. The van der Waals surface area contributed by atoms with Crippen LogP contribution in [-0.2, 0) is 13.0 Å². The minimum atomic E-state index is 0. The van der Waals surface area contributed by atoms with Crippen LogP contribution in [0.15, 0.2) is 18.5 Å². The van der Waals surface area contributed by atoms with Crippen LogP contribution < -0.4 is 17.0 Å². The molecule has 0 saturated carbocycles. The highest BCUT2D eigenvalue weighted by Crippen LogP contribution is 2.20. The Morgan fingerprint density at radius 1 is 1.05 bits per heavy atom. The van der Waals surface area contributed by atoms with E-state index >= 15 is 0 Å². The number of aryl methyl sites for hydroxylation is 5. The zero-order chi connectivity index (χ0) is 13.4. The molecule has 0 bridgehead atoms. The summed E-state index contributed by atoms with van der Waals surface area (Å²) in [7, 11) is 0. The molecule has 0 unspecified atom stereocenters. The maximum Gasteiger partial charge on any atom is 0.277 e. The molecule has 0 N–H and O–H groups in total. The van der Waals surface area contributed by atoms with E-state index < -0.39 is 0 Å². The van der Waals surface area contributed by atoms with Gasteiger partial charge in [-0.25, -0.2) is 4.57 Å². The second-order valence-electron chi connectivity index (χ2n) is 5.73. The second kappa shape index (κ2) is 5.96. The van der Waals surface area contributed by atoms with Crippen LogP contribution in [-0.4, -0.2) is 9.78 Å². The summed E-state index contributed by atoms with van der Waals surface area (Å²) in [4.78, 5) is 0. The van der Waals surface area contributed by atoms with Crippen LogP contribution in [0.2, 0.25) is 0 Å². The van der Waals surface area contributed by atoms with E-state index in [1.54, 1.807) is 0 Å². The molecular formula is C16H22ClN3. The first kappa shape index (κ1) is 15.0. The molecule has 4 heteroatoms. The van der Waals surface area contributed by atoms with E-state index in [0.29, 0.717) is 0 Å². The molecule has 1 aromatic carbocycles. The predicted molar refractivity (Wildman–Crippen MR) is 75.5 cm³/mol.